The average molecular weight is 326 g/mol. The molecule has 1 saturated heterocycles. The number of nitrogens with one attached hydrogen (secondary N) is 1. The monoisotopic (exact) mass is 326 g/mol. The van der Waals surface area contributed by atoms with E-state index in [0.29, 0.717) is 6.54 Å². The lowest BCUT2D eigenvalue weighted by Gasteiger charge is -2.35. The first-order valence-electron chi connectivity index (χ1n) is 8.68. The van der Waals surface area contributed by atoms with Gasteiger partial charge in [0.1, 0.15) is 0 Å². The van der Waals surface area contributed by atoms with Crippen LogP contribution in [0.2, 0.25) is 0 Å². The maximum atomic E-state index is 12.5. The number of benzene rings is 2. The van der Waals surface area contributed by atoms with Crippen LogP contribution < -0.4 is 5.32 Å². The van der Waals surface area contributed by atoms with Crippen molar-refractivity contribution in [3.8, 4) is 0 Å². The van der Waals surface area contributed by atoms with Crippen LogP contribution in [0.1, 0.15) is 32.4 Å². The van der Waals surface area contributed by atoms with Gasteiger partial charge >= 0.3 is 0 Å². The summed E-state index contributed by atoms with van der Waals surface area (Å²) in [5, 5.41) is 5.54. The van der Waals surface area contributed by atoms with Gasteiger partial charge in [-0.1, -0.05) is 42.5 Å². The number of hydrogen-bond acceptors (Lipinski definition) is 3. The minimum Gasteiger partial charge on any atom is -0.373 e. The second-order valence-electron chi connectivity index (χ2n) is 6.81. The van der Waals surface area contributed by atoms with Crippen molar-refractivity contribution >= 4 is 16.7 Å². The fourth-order valence-electron chi connectivity index (χ4n) is 3.61. The van der Waals surface area contributed by atoms with Gasteiger partial charge in [-0.05, 0) is 37.1 Å². The summed E-state index contributed by atoms with van der Waals surface area (Å²) >= 11 is 0. The van der Waals surface area contributed by atoms with Gasteiger partial charge in [-0.15, -0.1) is 0 Å². The SMILES string of the molecule is CC1CN(CC(=O)NC(C)c2cccc3ccccc23)CC(C)O1. The summed E-state index contributed by atoms with van der Waals surface area (Å²) in [5.74, 6) is 0.0664. The molecule has 128 valence electrons. The third kappa shape index (κ3) is 3.94. The zero-order valence-electron chi connectivity index (χ0n) is 14.7. The summed E-state index contributed by atoms with van der Waals surface area (Å²) in [6.07, 6.45) is 0.356. The minimum atomic E-state index is -0.0144. The van der Waals surface area contributed by atoms with Gasteiger partial charge in [0.05, 0.1) is 24.8 Å². The Morgan fingerprint density at radius 2 is 1.83 bits per heavy atom. The third-order valence-corrected chi connectivity index (χ3v) is 4.53. The summed E-state index contributed by atoms with van der Waals surface area (Å²) in [7, 11) is 0. The number of amides is 1. The molecule has 0 spiro atoms. The van der Waals surface area contributed by atoms with E-state index in [1.807, 2.05) is 25.1 Å². The van der Waals surface area contributed by atoms with E-state index in [1.54, 1.807) is 0 Å². The summed E-state index contributed by atoms with van der Waals surface area (Å²) in [5.41, 5.74) is 1.16. The topological polar surface area (TPSA) is 41.6 Å². The number of carbonyl (C=O) groups is 1. The highest BCUT2D eigenvalue weighted by Gasteiger charge is 2.24. The fourth-order valence-corrected chi connectivity index (χ4v) is 3.61. The first kappa shape index (κ1) is 16.9. The molecule has 24 heavy (non-hydrogen) atoms. The number of ether oxygens (including phenoxy) is 1. The van der Waals surface area contributed by atoms with Crippen LogP contribution in [0, 0.1) is 0 Å². The first-order valence-corrected chi connectivity index (χ1v) is 8.68. The van der Waals surface area contributed by atoms with Crippen molar-refractivity contribution in [2.75, 3.05) is 19.6 Å². The van der Waals surface area contributed by atoms with E-state index in [2.05, 4.69) is 48.3 Å². The molecular weight excluding hydrogens is 300 g/mol. The average Bonchev–Trinajstić information content (AvgIpc) is 2.53. The summed E-state index contributed by atoms with van der Waals surface area (Å²) < 4.78 is 5.72. The second-order valence-corrected chi connectivity index (χ2v) is 6.81. The fraction of sp³-hybridized carbons (Fsp3) is 0.450. The molecule has 0 aliphatic carbocycles. The lowest BCUT2D eigenvalue weighted by molar-refractivity contribution is -0.126. The zero-order chi connectivity index (χ0) is 17.1. The molecule has 0 radical (unpaired) electrons. The Morgan fingerprint density at radius 1 is 1.17 bits per heavy atom. The molecule has 3 unspecified atom stereocenters. The minimum absolute atomic E-state index is 0.0144. The van der Waals surface area contributed by atoms with Gasteiger partial charge in [0, 0.05) is 13.1 Å². The van der Waals surface area contributed by atoms with E-state index in [0.717, 1.165) is 18.7 Å². The van der Waals surface area contributed by atoms with Crippen LogP contribution in [0.3, 0.4) is 0 Å². The Balaban J connectivity index is 1.65. The molecule has 4 heteroatoms. The summed E-state index contributed by atoms with van der Waals surface area (Å²) in [4.78, 5) is 14.6. The molecule has 1 heterocycles. The van der Waals surface area contributed by atoms with Gasteiger partial charge in [0.25, 0.3) is 0 Å². The molecule has 2 aromatic rings. The molecule has 4 nitrogen and oxygen atoms in total. The van der Waals surface area contributed by atoms with Crippen LogP contribution in [0.25, 0.3) is 10.8 Å². The van der Waals surface area contributed by atoms with Crippen LogP contribution in [0.15, 0.2) is 42.5 Å². The lowest BCUT2D eigenvalue weighted by atomic mass is 10.00. The molecule has 0 bridgehead atoms. The standard InChI is InChI=1S/C20H26N2O2/c1-14-11-22(12-15(2)24-14)13-20(23)21-16(3)18-10-6-8-17-7-4-5-9-19(17)18/h4-10,14-16H,11-13H2,1-3H3,(H,21,23). The number of rotatable bonds is 4. The largest absolute Gasteiger partial charge is 0.373 e. The van der Waals surface area contributed by atoms with Crippen molar-refractivity contribution < 1.29 is 9.53 Å². The molecule has 1 fully saturated rings. The number of nitrogens with zero attached hydrogens (tertiary/aromatic N) is 1. The van der Waals surface area contributed by atoms with Gasteiger partial charge in [-0.25, -0.2) is 0 Å². The predicted molar refractivity (Wildman–Crippen MR) is 97.0 cm³/mol. The van der Waals surface area contributed by atoms with Gasteiger partial charge in [0.15, 0.2) is 0 Å². The lowest BCUT2D eigenvalue weighted by Crippen LogP contribution is -2.49. The molecule has 1 aliphatic heterocycles. The van der Waals surface area contributed by atoms with Crippen LogP contribution >= 0.6 is 0 Å². The van der Waals surface area contributed by atoms with E-state index in [1.165, 1.54) is 10.8 Å². The Hall–Kier alpha value is -1.91. The van der Waals surface area contributed by atoms with E-state index >= 15 is 0 Å². The number of fused-ring (bicyclic) bond motifs is 1. The normalized spacial score (nSPS) is 23.1. The Labute approximate surface area is 143 Å². The van der Waals surface area contributed by atoms with Crippen molar-refractivity contribution in [2.24, 2.45) is 0 Å². The van der Waals surface area contributed by atoms with Crippen LogP contribution in [0.4, 0.5) is 0 Å². The number of carbonyl (C=O) groups excluding carboxylic acids is 1. The van der Waals surface area contributed by atoms with Gasteiger partial charge in [0.2, 0.25) is 5.91 Å². The molecule has 0 aromatic heterocycles. The highest BCUT2D eigenvalue weighted by atomic mass is 16.5. The highest BCUT2D eigenvalue weighted by Crippen LogP contribution is 2.24. The number of morpholine rings is 1. The predicted octanol–water partition coefficient (Wildman–Crippen LogP) is 3.13. The molecule has 3 rings (SSSR count). The third-order valence-electron chi connectivity index (χ3n) is 4.53. The van der Waals surface area contributed by atoms with E-state index < -0.39 is 0 Å². The molecule has 1 N–H and O–H groups in total. The van der Waals surface area contributed by atoms with Crippen LogP contribution in [-0.2, 0) is 9.53 Å². The van der Waals surface area contributed by atoms with E-state index in [4.69, 9.17) is 4.74 Å². The quantitative estimate of drug-likeness (QED) is 0.938. The van der Waals surface area contributed by atoms with Crippen LogP contribution in [0.5, 0.6) is 0 Å². The van der Waals surface area contributed by atoms with Crippen molar-refractivity contribution in [2.45, 2.75) is 39.0 Å². The van der Waals surface area contributed by atoms with E-state index in [-0.39, 0.29) is 24.2 Å². The Morgan fingerprint density at radius 3 is 2.58 bits per heavy atom. The number of hydrogen-bond donors (Lipinski definition) is 1. The van der Waals surface area contributed by atoms with Gasteiger partial charge in [-0.2, -0.15) is 0 Å². The van der Waals surface area contributed by atoms with Gasteiger partial charge in [-0.3, -0.25) is 9.69 Å². The maximum Gasteiger partial charge on any atom is 0.234 e. The first-order chi connectivity index (χ1) is 11.5. The zero-order valence-corrected chi connectivity index (χ0v) is 14.7. The maximum absolute atomic E-state index is 12.5. The van der Waals surface area contributed by atoms with Gasteiger partial charge < -0.3 is 10.1 Å². The molecule has 3 atom stereocenters. The Bertz CT molecular complexity index is 700. The highest BCUT2D eigenvalue weighted by molar-refractivity contribution is 5.87. The molecular formula is C20H26N2O2. The molecule has 1 aliphatic rings. The summed E-state index contributed by atoms with van der Waals surface area (Å²) in [6, 6.07) is 14.5. The molecule has 2 aromatic carbocycles. The van der Waals surface area contributed by atoms with Crippen LogP contribution in [-0.4, -0.2) is 42.6 Å². The Kier molecular flexibility index (Phi) is 5.17. The summed E-state index contributed by atoms with van der Waals surface area (Å²) in [6.45, 7) is 8.19. The smallest absolute Gasteiger partial charge is 0.234 e. The molecule has 1 amide bonds. The van der Waals surface area contributed by atoms with Crippen molar-refractivity contribution in [3.05, 3.63) is 48.0 Å². The van der Waals surface area contributed by atoms with Crippen molar-refractivity contribution in [3.63, 3.8) is 0 Å². The second kappa shape index (κ2) is 7.32. The molecule has 0 saturated carbocycles. The van der Waals surface area contributed by atoms with Crippen molar-refractivity contribution in [1.82, 2.24) is 10.2 Å². The van der Waals surface area contributed by atoms with Crippen molar-refractivity contribution in [1.29, 1.82) is 0 Å². The van der Waals surface area contributed by atoms with E-state index in [9.17, 15) is 4.79 Å².